The largest absolute Gasteiger partial charge is 0.378 e. The Labute approximate surface area is 163 Å². The van der Waals surface area contributed by atoms with Crippen LogP contribution in [0.5, 0.6) is 0 Å². The summed E-state index contributed by atoms with van der Waals surface area (Å²) in [6.07, 6.45) is 0.661. The second-order valence-corrected chi connectivity index (χ2v) is 7.49. The van der Waals surface area contributed by atoms with E-state index < -0.39 is 11.8 Å². The summed E-state index contributed by atoms with van der Waals surface area (Å²) >= 11 is 0. The van der Waals surface area contributed by atoms with Gasteiger partial charge >= 0.3 is 11.8 Å². The predicted octanol–water partition coefficient (Wildman–Crippen LogP) is 0.459. The molecule has 1 aliphatic carbocycles. The molecule has 0 N–H and O–H groups in total. The van der Waals surface area contributed by atoms with Gasteiger partial charge in [-0.05, 0) is 24.0 Å². The summed E-state index contributed by atoms with van der Waals surface area (Å²) in [5, 5.41) is 0. The number of benzene rings is 1. The fourth-order valence-electron chi connectivity index (χ4n) is 3.99. The minimum absolute atomic E-state index is 0.0138. The topological polar surface area (TPSA) is 70.2 Å². The fourth-order valence-corrected chi connectivity index (χ4v) is 3.99. The zero-order valence-electron chi connectivity index (χ0n) is 15.7. The number of hydrogen-bond donors (Lipinski definition) is 0. The number of carbonyl (C=O) groups excluding carboxylic acids is 3. The Kier molecular flexibility index (Phi) is 5.30. The molecule has 3 amide bonds. The third-order valence-corrected chi connectivity index (χ3v) is 5.77. The average molecular weight is 389 g/mol. The predicted molar refractivity (Wildman–Crippen MR) is 97.8 cm³/mol. The first kappa shape index (κ1) is 18.9. The highest BCUT2D eigenvalue weighted by atomic mass is 19.1. The summed E-state index contributed by atoms with van der Waals surface area (Å²) in [6.45, 7) is 3.26. The van der Waals surface area contributed by atoms with Gasteiger partial charge in [0, 0.05) is 45.2 Å². The second-order valence-electron chi connectivity index (χ2n) is 7.49. The molecule has 7 nitrogen and oxygen atoms in total. The van der Waals surface area contributed by atoms with Gasteiger partial charge in [-0.2, -0.15) is 0 Å². The van der Waals surface area contributed by atoms with Crippen LogP contribution >= 0.6 is 0 Å². The highest BCUT2D eigenvalue weighted by Crippen LogP contribution is 2.49. The number of morpholine rings is 1. The summed E-state index contributed by atoms with van der Waals surface area (Å²) in [5.74, 6) is -1.50. The molecule has 1 aromatic carbocycles. The zero-order chi connectivity index (χ0) is 19.7. The molecule has 1 aromatic rings. The van der Waals surface area contributed by atoms with Crippen molar-refractivity contribution in [3.8, 4) is 0 Å². The lowest BCUT2D eigenvalue weighted by molar-refractivity contribution is -0.155. The van der Waals surface area contributed by atoms with E-state index in [9.17, 15) is 18.8 Å². The van der Waals surface area contributed by atoms with Crippen molar-refractivity contribution in [2.45, 2.75) is 12.3 Å². The molecule has 1 saturated carbocycles. The number of amides is 3. The summed E-state index contributed by atoms with van der Waals surface area (Å²) < 4.78 is 19.1. The maximum Gasteiger partial charge on any atom is 0.312 e. The number of piperazine rings is 1. The van der Waals surface area contributed by atoms with Crippen LogP contribution in [-0.4, -0.2) is 84.9 Å². The Morgan fingerprint density at radius 3 is 2.07 bits per heavy atom. The van der Waals surface area contributed by atoms with Crippen molar-refractivity contribution in [3.05, 3.63) is 35.6 Å². The van der Waals surface area contributed by atoms with Gasteiger partial charge in [-0.3, -0.25) is 14.4 Å². The lowest BCUT2D eigenvalue weighted by Gasteiger charge is -2.36. The molecule has 2 atom stereocenters. The summed E-state index contributed by atoms with van der Waals surface area (Å²) in [5.41, 5.74) is 0.603. The van der Waals surface area contributed by atoms with E-state index >= 15 is 0 Å². The minimum atomic E-state index is -0.510. The van der Waals surface area contributed by atoms with E-state index in [1.165, 1.54) is 15.9 Å². The maximum absolute atomic E-state index is 13.9. The smallest absolute Gasteiger partial charge is 0.312 e. The van der Waals surface area contributed by atoms with Gasteiger partial charge in [-0.25, -0.2) is 4.39 Å². The third kappa shape index (κ3) is 3.73. The SMILES string of the molecule is O=C(C(=O)N1CCN(C(=O)C2CC2c2ccccc2F)CC1)N1CCOCC1. The van der Waals surface area contributed by atoms with Gasteiger partial charge in [0.05, 0.1) is 13.2 Å². The first-order valence-corrected chi connectivity index (χ1v) is 9.75. The van der Waals surface area contributed by atoms with Gasteiger partial charge in [-0.1, -0.05) is 18.2 Å². The van der Waals surface area contributed by atoms with Crippen LogP contribution in [0.2, 0.25) is 0 Å². The maximum atomic E-state index is 13.9. The average Bonchev–Trinajstić information content (AvgIpc) is 3.54. The molecule has 28 heavy (non-hydrogen) atoms. The van der Waals surface area contributed by atoms with Gasteiger partial charge in [0.25, 0.3) is 0 Å². The first-order chi connectivity index (χ1) is 13.6. The van der Waals surface area contributed by atoms with Crippen molar-refractivity contribution in [1.29, 1.82) is 0 Å². The quantitative estimate of drug-likeness (QED) is 0.689. The Morgan fingerprint density at radius 2 is 1.43 bits per heavy atom. The van der Waals surface area contributed by atoms with E-state index in [0.29, 0.717) is 64.5 Å². The molecule has 0 aromatic heterocycles. The molecule has 2 aliphatic heterocycles. The molecule has 8 heteroatoms. The van der Waals surface area contributed by atoms with Gasteiger partial charge in [0.15, 0.2) is 0 Å². The Balaban J connectivity index is 1.28. The van der Waals surface area contributed by atoms with E-state index in [1.54, 1.807) is 23.1 Å². The van der Waals surface area contributed by atoms with Crippen LogP contribution in [-0.2, 0) is 19.1 Å². The Bertz CT molecular complexity index is 772. The molecular formula is C20H24FN3O4. The van der Waals surface area contributed by atoms with E-state index in [0.717, 1.165) is 0 Å². The van der Waals surface area contributed by atoms with Crippen molar-refractivity contribution in [1.82, 2.24) is 14.7 Å². The Hall–Kier alpha value is -2.48. The van der Waals surface area contributed by atoms with Crippen LogP contribution in [0, 0.1) is 11.7 Å². The molecule has 2 unspecified atom stereocenters. The summed E-state index contributed by atoms with van der Waals surface area (Å²) in [4.78, 5) is 42.3. The minimum Gasteiger partial charge on any atom is -0.378 e. The zero-order valence-corrected chi connectivity index (χ0v) is 15.7. The van der Waals surface area contributed by atoms with Crippen LogP contribution in [0.1, 0.15) is 17.9 Å². The molecular weight excluding hydrogens is 365 g/mol. The number of nitrogens with zero attached hydrogens (tertiary/aromatic N) is 3. The van der Waals surface area contributed by atoms with Gasteiger partial charge in [0.1, 0.15) is 5.82 Å². The second kappa shape index (κ2) is 7.87. The van der Waals surface area contributed by atoms with Crippen molar-refractivity contribution in [2.24, 2.45) is 5.92 Å². The molecule has 0 spiro atoms. The highest BCUT2D eigenvalue weighted by molar-refractivity contribution is 6.34. The van der Waals surface area contributed by atoms with Crippen LogP contribution in [0.4, 0.5) is 4.39 Å². The van der Waals surface area contributed by atoms with E-state index in [-0.39, 0.29) is 23.6 Å². The molecule has 2 saturated heterocycles. The van der Waals surface area contributed by atoms with Crippen molar-refractivity contribution in [2.75, 3.05) is 52.5 Å². The van der Waals surface area contributed by atoms with Gasteiger partial charge in [-0.15, -0.1) is 0 Å². The first-order valence-electron chi connectivity index (χ1n) is 9.75. The monoisotopic (exact) mass is 389 g/mol. The Morgan fingerprint density at radius 1 is 0.857 bits per heavy atom. The highest BCUT2D eigenvalue weighted by Gasteiger charge is 2.47. The van der Waals surface area contributed by atoms with Gasteiger partial charge in [0.2, 0.25) is 5.91 Å². The summed E-state index contributed by atoms with van der Waals surface area (Å²) in [7, 11) is 0. The van der Waals surface area contributed by atoms with Crippen molar-refractivity contribution >= 4 is 17.7 Å². The normalized spacial score (nSPS) is 24.8. The number of carbonyl (C=O) groups is 3. The standard InChI is InChI=1S/C20H24FN3O4/c21-17-4-2-1-3-14(17)15-13-16(15)18(25)22-5-7-23(8-6-22)19(26)20(27)24-9-11-28-12-10-24/h1-4,15-16H,5-13H2. The van der Waals surface area contributed by atoms with E-state index in [2.05, 4.69) is 0 Å². The number of hydrogen-bond acceptors (Lipinski definition) is 4. The molecule has 0 bridgehead atoms. The molecule has 2 heterocycles. The van der Waals surface area contributed by atoms with Crippen LogP contribution in [0.25, 0.3) is 0 Å². The van der Waals surface area contributed by atoms with Crippen LogP contribution in [0.15, 0.2) is 24.3 Å². The van der Waals surface area contributed by atoms with Crippen LogP contribution < -0.4 is 0 Å². The third-order valence-electron chi connectivity index (χ3n) is 5.77. The molecule has 0 radical (unpaired) electrons. The van der Waals surface area contributed by atoms with Crippen molar-refractivity contribution in [3.63, 3.8) is 0 Å². The van der Waals surface area contributed by atoms with Crippen LogP contribution in [0.3, 0.4) is 0 Å². The lowest BCUT2D eigenvalue weighted by atomic mass is 10.1. The molecule has 4 rings (SSSR count). The fraction of sp³-hybridized carbons (Fsp3) is 0.550. The number of halogens is 1. The summed E-state index contributed by atoms with van der Waals surface area (Å²) in [6, 6.07) is 6.59. The van der Waals surface area contributed by atoms with Crippen molar-refractivity contribution < 1.29 is 23.5 Å². The number of rotatable bonds is 2. The van der Waals surface area contributed by atoms with E-state index in [1.807, 2.05) is 0 Å². The molecule has 3 fully saturated rings. The van der Waals surface area contributed by atoms with E-state index in [4.69, 9.17) is 4.74 Å². The molecule has 3 aliphatic rings. The van der Waals surface area contributed by atoms with Gasteiger partial charge < -0.3 is 19.4 Å². The molecule has 150 valence electrons. The lowest BCUT2D eigenvalue weighted by Crippen LogP contribution is -2.55. The number of ether oxygens (including phenoxy) is 1.